The Morgan fingerprint density at radius 1 is 1.17 bits per heavy atom. The largest absolute Gasteiger partial charge is 0.497 e. The molecule has 2 rings (SSSR count). The fourth-order valence-corrected chi connectivity index (χ4v) is 1.93. The molecule has 122 valence electrons. The van der Waals surface area contributed by atoms with Crippen molar-refractivity contribution in [2.45, 2.75) is 13.3 Å². The average molecular weight is 316 g/mol. The molecule has 0 aliphatic rings. The number of carbonyl (C=O) groups is 1. The zero-order chi connectivity index (χ0) is 16.7. The Bertz CT molecular complexity index is 676. The third-order valence-electron chi connectivity index (χ3n) is 3.10. The summed E-state index contributed by atoms with van der Waals surface area (Å²) in [5.74, 6) is 1.59. The van der Waals surface area contributed by atoms with Gasteiger partial charge in [-0.05, 0) is 18.6 Å². The van der Waals surface area contributed by atoms with Gasteiger partial charge in [-0.25, -0.2) is 9.97 Å². The highest BCUT2D eigenvalue weighted by atomic mass is 16.5. The molecule has 7 heteroatoms. The first-order valence-electron chi connectivity index (χ1n) is 7.27. The van der Waals surface area contributed by atoms with Crippen LogP contribution in [0.15, 0.2) is 30.6 Å². The van der Waals surface area contributed by atoms with Crippen LogP contribution in [0.1, 0.15) is 23.8 Å². The summed E-state index contributed by atoms with van der Waals surface area (Å²) < 4.78 is 10.5. The monoisotopic (exact) mass is 316 g/mol. The van der Waals surface area contributed by atoms with E-state index in [0.717, 1.165) is 6.42 Å². The second-order valence-electron chi connectivity index (χ2n) is 4.74. The Kier molecular flexibility index (Phi) is 5.74. The van der Waals surface area contributed by atoms with E-state index in [4.69, 9.17) is 9.47 Å². The molecule has 1 amide bonds. The van der Waals surface area contributed by atoms with Crippen LogP contribution in [0.25, 0.3) is 0 Å². The van der Waals surface area contributed by atoms with Crippen LogP contribution in [0.5, 0.6) is 11.5 Å². The van der Waals surface area contributed by atoms with Gasteiger partial charge in [0.05, 0.1) is 19.9 Å². The molecule has 23 heavy (non-hydrogen) atoms. The minimum atomic E-state index is -0.227. The Morgan fingerprint density at radius 3 is 2.70 bits per heavy atom. The first kappa shape index (κ1) is 16.5. The van der Waals surface area contributed by atoms with Gasteiger partial charge in [-0.15, -0.1) is 0 Å². The van der Waals surface area contributed by atoms with Crippen molar-refractivity contribution < 1.29 is 14.3 Å². The number of nitrogens with zero attached hydrogens (tertiary/aromatic N) is 2. The van der Waals surface area contributed by atoms with Crippen LogP contribution in [0, 0.1) is 0 Å². The maximum atomic E-state index is 12.0. The number of nitrogens with one attached hydrogen (secondary N) is 2. The standard InChI is InChI=1S/C16H20N4O3/c1-4-7-17-16(21)13-9-15(19-10-18-13)20-12-8-11(22-2)5-6-14(12)23-3/h5-6,8-10H,4,7H2,1-3H3,(H,17,21)(H,18,19,20). The highest BCUT2D eigenvalue weighted by Gasteiger charge is 2.10. The van der Waals surface area contributed by atoms with Crippen molar-refractivity contribution in [2.75, 3.05) is 26.1 Å². The number of ether oxygens (including phenoxy) is 2. The normalized spacial score (nSPS) is 10.0. The number of hydrogen-bond donors (Lipinski definition) is 2. The summed E-state index contributed by atoms with van der Waals surface area (Å²) in [6, 6.07) is 6.96. The Balaban J connectivity index is 2.22. The fraction of sp³-hybridized carbons (Fsp3) is 0.312. The van der Waals surface area contributed by atoms with Crippen LogP contribution < -0.4 is 20.1 Å². The number of rotatable bonds is 7. The SMILES string of the molecule is CCCNC(=O)c1cc(Nc2cc(OC)ccc2OC)ncn1. The lowest BCUT2D eigenvalue weighted by Crippen LogP contribution is -2.25. The molecule has 0 spiro atoms. The zero-order valence-electron chi connectivity index (χ0n) is 13.4. The Labute approximate surface area is 135 Å². The molecule has 1 aromatic carbocycles. The lowest BCUT2D eigenvalue weighted by Gasteiger charge is -2.12. The van der Waals surface area contributed by atoms with E-state index in [1.165, 1.54) is 6.33 Å². The van der Waals surface area contributed by atoms with Crippen molar-refractivity contribution in [1.29, 1.82) is 0 Å². The molecule has 1 heterocycles. The van der Waals surface area contributed by atoms with Gasteiger partial charge >= 0.3 is 0 Å². The number of aromatic nitrogens is 2. The summed E-state index contributed by atoms with van der Waals surface area (Å²) in [7, 11) is 3.17. The van der Waals surface area contributed by atoms with E-state index in [1.54, 1.807) is 38.5 Å². The van der Waals surface area contributed by atoms with Gasteiger partial charge in [-0.3, -0.25) is 4.79 Å². The number of hydrogen-bond acceptors (Lipinski definition) is 6. The molecule has 0 unspecified atom stereocenters. The summed E-state index contributed by atoms with van der Waals surface area (Å²) in [6.45, 7) is 2.59. The van der Waals surface area contributed by atoms with Gasteiger partial charge in [-0.2, -0.15) is 0 Å². The number of anilines is 2. The van der Waals surface area contributed by atoms with Crippen molar-refractivity contribution in [3.63, 3.8) is 0 Å². The minimum Gasteiger partial charge on any atom is -0.497 e. The van der Waals surface area contributed by atoms with Gasteiger partial charge in [0.15, 0.2) is 0 Å². The second kappa shape index (κ2) is 7.98. The first-order valence-corrected chi connectivity index (χ1v) is 7.27. The molecular weight excluding hydrogens is 296 g/mol. The Morgan fingerprint density at radius 2 is 2.00 bits per heavy atom. The third kappa shape index (κ3) is 4.32. The van der Waals surface area contributed by atoms with E-state index < -0.39 is 0 Å². The molecule has 2 aromatic rings. The Hall–Kier alpha value is -2.83. The maximum absolute atomic E-state index is 12.0. The van der Waals surface area contributed by atoms with Crippen molar-refractivity contribution in [2.24, 2.45) is 0 Å². The average Bonchev–Trinajstić information content (AvgIpc) is 2.59. The molecule has 0 radical (unpaired) electrons. The van der Waals surface area contributed by atoms with Crippen LogP contribution in [0.4, 0.5) is 11.5 Å². The smallest absolute Gasteiger partial charge is 0.270 e. The van der Waals surface area contributed by atoms with Gasteiger partial charge in [0.1, 0.15) is 29.3 Å². The summed E-state index contributed by atoms with van der Waals surface area (Å²) in [5.41, 5.74) is 0.989. The first-order chi connectivity index (χ1) is 11.2. The van der Waals surface area contributed by atoms with Crippen molar-refractivity contribution in [1.82, 2.24) is 15.3 Å². The number of carbonyl (C=O) groups excluding carboxylic acids is 1. The highest BCUT2D eigenvalue weighted by molar-refractivity contribution is 5.93. The van der Waals surface area contributed by atoms with Crippen LogP contribution in [0.3, 0.4) is 0 Å². The highest BCUT2D eigenvalue weighted by Crippen LogP contribution is 2.30. The molecule has 0 bridgehead atoms. The molecule has 0 saturated carbocycles. The minimum absolute atomic E-state index is 0.227. The van der Waals surface area contributed by atoms with Crippen LogP contribution in [0.2, 0.25) is 0 Å². The van der Waals surface area contributed by atoms with Crippen LogP contribution in [-0.2, 0) is 0 Å². The fourth-order valence-electron chi connectivity index (χ4n) is 1.93. The molecule has 0 aliphatic heterocycles. The van der Waals surface area contributed by atoms with Gasteiger partial charge in [-0.1, -0.05) is 6.92 Å². The quantitative estimate of drug-likeness (QED) is 0.816. The van der Waals surface area contributed by atoms with E-state index in [2.05, 4.69) is 20.6 Å². The number of amides is 1. The topological polar surface area (TPSA) is 85.4 Å². The second-order valence-corrected chi connectivity index (χ2v) is 4.74. The summed E-state index contributed by atoms with van der Waals surface area (Å²) in [6.07, 6.45) is 2.21. The van der Waals surface area contributed by atoms with Crippen molar-refractivity contribution >= 4 is 17.4 Å². The lowest BCUT2D eigenvalue weighted by molar-refractivity contribution is 0.0948. The van der Waals surface area contributed by atoms with E-state index in [9.17, 15) is 4.79 Å². The molecule has 0 atom stereocenters. The van der Waals surface area contributed by atoms with Gasteiger partial charge in [0.25, 0.3) is 5.91 Å². The maximum Gasteiger partial charge on any atom is 0.270 e. The van der Waals surface area contributed by atoms with Gasteiger partial charge in [0, 0.05) is 18.7 Å². The molecule has 2 N–H and O–H groups in total. The summed E-state index contributed by atoms with van der Waals surface area (Å²) in [5, 5.41) is 5.89. The lowest BCUT2D eigenvalue weighted by atomic mass is 10.2. The van der Waals surface area contributed by atoms with Crippen LogP contribution in [-0.4, -0.2) is 36.6 Å². The molecule has 0 fully saturated rings. The van der Waals surface area contributed by atoms with E-state index in [-0.39, 0.29) is 5.91 Å². The van der Waals surface area contributed by atoms with E-state index in [0.29, 0.717) is 35.2 Å². The summed E-state index contributed by atoms with van der Waals surface area (Å²) >= 11 is 0. The van der Waals surface area contributed by atoms with Gasteiger partial charge in [0.2, 0.25) is 0 Å². The van der Waals surface area contributed by atoms with Gasteiger partial charge < -0.3 is 20.1 Å². The molecule has 1 aromatic heterocycles. The number of methoxy groups -OCH3 is 2. The van der Waals surface area contributed by atoms with E-state index in [1.807, 2.05) is 6.92 Å². The predicted octanol–water partition coefficient (Wildman–Crippen LogP) is 2.38. The molecule has 0 aliphatic carbocycles. The number of benzene rings is 1. The van der Waals surface area contributed by atoms with Crippen molar-refractivity contribution in [3.05, 3.63) is 36.3 Å². The predicted molar refractivity (Wildman–Crippen MR) is 87.5 cm³/mol. The molecule has 0 saturated heterocycles. The molecular formula is C16H20N4O3. The third-order valence-corrected chi connectivity index (χ3v) is 3.10. The van der Waals surface area contributed by atoms with Crippen molar-refractivity contribution in [3.8, 4) is 11.5 Å². The summed E-state index contributed by atoms with van der Waals surface area (Å²) in [4.78, 5) is 20.1. The molecule has 7 nitrogen and oxygen atoms in total. The van der Waals surface area contributed by atoms with Crippen LogP contribution >= 0.6 is 0 Å². The van der Waals surface area contributed by atoms with E-state index >= 15 is 0 Å². The zero-order valence-corrected chi connectivity index (χ0v) is 13.4.